The molecule has 1 unspecified atom stereocenters. The third-order valence-corrected chi connectivity index (χ3v) is 4.60. The van der Waals surface area contributed by atoms with E-state index < -0.39 is 0 Å². The molecular weight excluding hydrogens is 192 g/mol. The molecule has 0 saturated carbocycles. The van der Waals surface area contributed by atoms with Gasteiger partial charge < -0.3 is 10.2 Å². The van der Waals surface area contributed by atoms with Gasteiger partial charge in [-0.15, -0.1) is 0 Å². The van der Waals surface area contributed by atoms with Crippen LogP contribution in [0.1, 0.15) is 25.7 Å². The van der Waals surface area contributed by atoms with E-state index in [1.807, 2.05) is 0 Å². The van der Waals surface area contributed by atoms with Crippen molar-refractivity contribution in [1.29, 1.82) is 0 Å². The van der Waals surface area contributed by atoms with Crippen LogP contribution in [0.15, 0.2) is 0 Å². The van der Waals surface area contributed by atoms with E-state index in [9.17, 15) is 0 Å². The van der Waals surface area contributed by atoms with Crippen LogP contribution in [0.4, 0.5) is 0 Å². The minimum Gasteiger partial charge on any atom is -0.314 e. The number of hydrogen-bond donors (Lipinski definition) is 1. The molecule has 0 aliphatic carbocycles. The van der Waals surface area contributed by atoms with Crippen molar-refractivity contribution in [3.05, 3.63) is 0 Å². The first-order chi connectivity index (χ1) is 6.95. The van der Waals surface area contributed by atoms with Crippen molar-refractivity contribution in [2.24, 2.45) is 0 Å². The van der Waals surface area contributed by atoms with E-state index in [4.69, 9.17) is 0 Å². The standard InChI is InChI=1S/C11H22N2S/c1-2-7-13(6-1)8-5-12-10-11-4-3-9-14-11/h11-12H,1-10H2. The van der Waals surface area contributed by atoms with Crippen molar-refractivity contribution in [3.8, 4) is 0 Å². The number of rotatable bonds is 5. The van der Waals surface area contributed by atoms with Gasteiger partial charge in [-0.2, -0.15) is 11.8 Å². The maximum Gasteiger partial charge on any atom is 0.0172 e. The minimum absolute atomic E-state index is 0.911. The van der Waals surface area contributed by atoms with E-state index in [0.29, 0.717) is 0 Å². The second kappa shape index (κ2) is 5.99. The van der Waals surface area contributed by atoms with Gasteiger partial charge in [0.15, 0.2) is 0 Å². The van der Waals surface area contributed by atoms with Gasteiger partial charge in [0.1, 0.15) is 0 Å². The van der Waals surface area contributed by atoms with Crippen molar-refractivity contribution in [1.82, 2.24) is 10.2 Å². The fourth-order valence-electron chi connectivity index (χ4n) is 2.31. The van der Waals surface area contributed by atoms with Crippen molar-refractivity contribution < 1.29 is 0 Å². The lowest BCUT2D eigenvalue weighted by atomic mass is 10.2. The summed E-state index contributed by atoms with van der Waals surface area (Å²) in [5.41, 5.74) is 0. The average molecular weight is 214 g/mol. The van der Waals surface area contributed by atoms with Gasteiger partial charge in [-0.05, 0) is 44.5 Å². The normalized spacial score (nSPS) is 28.7. The Morgan fingerprint density at radius 1 is 1.21 bits per heavy atom. The van der Waals surface area contributed by atoms with Crippen LogP contribution in [0.2, 0.25) is 0 Å². The second-order valence-electron chi connectivity index (χ2n) is 4.39. The Bertz CT molecular complexity index is 133. The fraction of sp³-hybridized carbons (Fsp3) is 1.00. The number of likely N-dealkylation sites (tertiary alicyclic amines) is 1. The van der Waals surface area contributed by atoms with Crippen LogP contribution in [0.5, 0.6) is 0 Å². The fourth-order valence-corrected chi connectivity index (χ4v) is 3.55. The lowest BCUT2D eigenvalue weighted by molar-refractivity contribution is 0.336. The second-order valence-corrected chi connectivity index (χ2v) is 5.80. The Kier molecular flexibility index (Phi) is 4.61. The Morgan fingerprint density at radius 3 is 2.79 bits per heavy atom. The zero-order valence-electron chi connectivity index (χ0n) is 9.00. The van der Waals surface area contributed by atoms with Crippen LogP contribution >= 0.6 is 11.8 Å². The Balaban J connectivity index is 1.46. The first kappa shape index (κ1) is 10.8. The molecule has 1 atom stereocenters. The number of nitrogens with zero attached hydrogens (tertiary/aromatic N) is 1. The highest BCUT2D eigenvalue weighted by Gasteiger charge is 2.15. The summed E-state index contributed by atoms with van der Waals surface area (Å²) in [5.74, 6) is 1.39. The molecule has 82 valence electrons. The van der Waals surface area contributed by atoms with Gasteiger partial charge >= 0.3 is 0 Å². The summed E-state index contributed by atoms with van der Waals surface area (Å²) in [6, 6.07) is 0. The molecule has 3 heteroatoms. The summed E-state index contributed by atoms with van der Waals surface area (Å²) in [4.78, 5) is 2.58. The zero-order valence-corrected chi connectivity index (χ0v) is 9.82. The minimum atomic E-state index is 0.911. The highest BCUT2D eigenvalue weighted by molar-refractivity contribution is 8.00. The molecule has 2 rings (SSSR count). The topological polar surface area (TPSA) is 15.3 Å². The summed E-state index contributed by atoms with van der Waals surface area (Å²) in [6.45, 7) is 6.35. The maximum absolute atomic E-state index is 3.59. The van der Waals surface area contributed by atoms with E-state index in [2.05, 4.69) is 22.0 Å². The van der Waals surface area contributed by atoms with Gasteiger partial charge in [0.2, 0.25) is 0 Å². The molecule has 2 heterocycles. The van der Waals surface area contributed by atoms with Crippen LogP contribution in [0.3, 0.4) is 0 Å². The van der Waals surface area contributed by atoms with Crippen LogP contribution in [0.25, 0.3) is 0 Å². The quantitative estimate of drug-likeness (QED) is 0.699. The first-order valence-corrected chi connectivity index (χ1v) is 7.05. The highest BCUT2D eigenvalue weighted by Crippen LogP contribution is 2.25. The number of thioether (sulfide) groups is 1. The van der Waals surface area contributed by atoms with Crippen molar-refractivity contribution in [2.45, 2.75) is 30.9 Å². The molecular formula is C11H22N2S. The molecule has 0 aromatic carbocycles. The van der Waals surface area contributed by atoms with E-state index in [1.54, 1.807) is 0 Å². The summed E-state index contributed by atoms with van der Waals surface area (Å²) >= 11 is 2.15. The maximum atomic E-state index is 3.59. The molecule has 2 aliphatic rings. The summed E-state index contributed by atoms with van der Waals surface area (Å²) in [6.07, 6.45) is 5.70. The Labute approximate surface area is 91.8 Å². The van der Waals surface area contributed by atoms with Gasteiger partial charge in [-0.3, -0.25) is 0 Å². The van der Waals surface area contributed by atoms with E-state index in [-0.39, 0.29) is 0 Å². The molecule has 2 fully saturated rings. The molecule has 2 saturated heterocycles. The van der Waals surface area contributed by atoms with Crippen molar-refractivity contribution >= 4 is 11.8 Å². The summed E-state index contributed by atoms with van der Waals surface area (Å²) in [7, 11) is 0. The van der Waals surface area contributed by atoms with Gasteiger partial charge in [-0.25, -0.2) is 0 Å². The molecule has 0 aromatic rings. The third kappa shape index (κ3) is 3.44. The van der Waals surface area contributed by atoms with Crippen LogP contribution < -0.4 is 5.32 Å². The molecule has 14 heavy (non-hydrogen) atoms. The predicted molar refractivity (Wildman–Crippen MR) is 64.0 cm³/mol. The largest absolute Gasteiger partial charge is 0.314 e. The lowest BCUT2D eigenvalue weighted by Crippen LogP contribution is -2.32. The van der Waals surface area contributed by atoms with E-state index in [1.165, 1.54) is 64.2 Å². The zero-order chi connectivity index (χ0) is 9.64. The monoisotopic (exact) mass is 214 g/mol. The summed E-state index contributed by atoms with van der Waals surface area (Å²) in [5, 5.41) is 4.50. The van der Waals surface area contributed by atoms with Gasteiger partial charge in [-0.1, -0.05) is 0 Å². The lowest BCUT2D eigenvalue weighted by Gasteiger charge is -2.16. The smallest absolute Gasteiger partial charge is 0.0172 e. The first-order valence-electron chi connectivity index (χ1n) is 6.00. The molecule has 0 aromatic heterocycles. The SMILES string of the molecule is C1CSC(CNCCN2CCCC2)C1. The Hall–Kier alpha value is 0.270. The van der Waals surface area contributed by atoms with Gasteiger partial charge in [0.05, 0.1) is 0 Å². The number of nitrogens with one attached hydrogen (secondary N) is 1. The molecule has 0 bridgehead atoms. The van der Waals surface area contributed by atoms with E-state index >= 15 is 0 Å². The van der Waals surface area contributed by atoms with Gasteiger partial charge in [0.25, 0.3) is 0 Å². The predicted octanol–water partition coefficient (Wildman–Crippen LogP) is 1.57. The third-order valence-electron chi connectivity index (χ3n) is 3.20. The van der Waals surface area contributed by atoms with E-state index in [0.717, 1.165) is 5.25 Å². The van der Waals surface area contributed by atoms with Crippen LogP contribution in [0, 0.1) is 0 Å². The van der Waals surface area contributed by atoms with Crippen LogP contribution in [-0.2, 0) is 0 Å². The van der Waals surface area contributed by atoms with Crippen molar-refractivity contribution in [3.63, 3.8) is 0 Å². The molecule has 0 radical (unpaired) electrons. The summed E-state index contributed by atoms with van der Waals surface area (Å²) < 4.78 is 0. The molecule has 2 aliphatic heterocycles. The number of hydrogen-bond acceptors (Lipinski definition) is 3. The highest BCUT2D eigenvalue weighted by atomic mass is 32.2. The van der Waals surface area contributed by atoms with Crippen molar-refractivity contribution in [2.75, 3.05) is 38.5 Å². The Morgan fingerprint density at radius 2 is 2.07 bits per heavy atom. The molecule has 0 spiro atoms. The van der Waals surface area contributed by atoms with Crippen LogP contribution in [-0.4, -0.2) is 48.6 Å². The molecule has 1 N–H and O–H groups in total. The molecule has 2 nitrogen and oxygen atoms in total. The van der Waals surface area contributed by atoms with Gasteiger partial charge in [0, 0.05) is 24.9 Å². The average Bonchev–Trinajstić information content (AvgIpc) is 2.86. The molecule has 0 amide bonds.